The lowest BCUT2D eigenvalue weighted by Gasteiger charge is -2.17. The minimum Gasteiger partial charge on any atom is -0.356 e. The lowest BCUT2D eigenvalue weighted by atomic mass is 10.1. The molecular formula is C18H26N2O2. The van der Waals surface area contributed by atoms with E-state index in [9.17, 15) is 9.59 Å². The fourth-order valence-corrected chi connectivity index (χ4v) is 2.67. The van der Waals surface area contributed by atoms with Crippen molar-refractivity contribution in [3.05, 3.63) is 29.8 Å². The number of carbonyl (C=O) groups excluding carboxylic acids is 2. The van der Waals surface area contributed by atoms with Gasteiger partial charge < -0.3 is 10.2 Å². The second-order valence-electron chi connectivity index (χ2n) is 6.40. The van der Waals surface area contributed by atoms with Gasteiger partial charge in [-0.15, -0.1) is 0 Å². The molecule has 1 N–H and O–H groups in total. The third-order valence-electron chi connectivity index (χ3n) is 4.17. The fourth-order valence-electron chi connectivity index (χ4n) is 2.67. The summed E-state index contributed by atoms with van der Waals surface area (Å²) in [6.45, 7) is 7.54. The number of amides is 2. The smallest absolute Gasteiger partial charge is 0.227 e. The van der Waals surface area contributed by atoms with Gasteiger partial charge in [0.1, 0.15) is 0 Å². The van der Waals surface area contributed by atoms with Crippen LogP contribution in [0.1, 0.15) is 39.2 Å². The molecule has 1 aromatic carbocycles. The van der Waals surface area contributed by atoms with Crippen LogP contribution in [-0.2, 0) is 16.0 Å². The number of nitrogens with one attached hydrogen (secondary N) is 1. The standard InChI is InChI=1S/C18H26N2O2/c1-4-14-5-7-16(8-6-14)20-12-15(11-17(20)21)18(22)19-10-9-13(2)3/h5-8,13,15H,4,9-12H2,1-3H3,(H,19,22)/t15-/m0/s1. The third-order valence-corrected chi connectivity index (χ3v) is 4.17. The number of rotatable bonds is 6. The second kappa shape index (κ2) is 7.43. The van der Waals surface area contributed by atoms with Crippen LogP contribution in [0.5, 0.6) is 0 Å². The van der Waals surface area contributed by atoms with Crippen molar-refractivity contribution in [1.29, 1.82) is 0 Å². The van der Waals surface area contributed by atoms with Crippen LogP contribution in [0.3, 0.4) is 0 Å². The van der Waals surface area contributed by atoms with Crippen LogP contribution in [0.15, 0.2) is 24.3 Å². The Morgan fingerprint density at radius 3 is 2.59 bits per heavy atom. The number of carbonyl (C=O) groups is 2. The summed E-state index contributed by atoms with van der Waals surface area (Å²) in [6, 6.07) is 8.02. The van der Waals surface area contributed by atoms with Gasteiger partial charge in [-0.05, 0) is 36.5 Å². The molecule has 1 saturated heterocycles. The molecule has 0 unspecified atom stereocenters. The Kier molecular flexibility index (Phi) is 5.58. The van der Waals surface area contributed by atoms with E-state index >= 15 is 0 Å². The van der Waals surface area contributed by atoms with Gasteiger partial charge in [-0.3, -0.25) is 9.59 Å². The largest absolute Gasteiger partial charge is 0.356 e. The summed E-state index contributed by atoms with van der Waals surface area (Å²) in [6.07, 6.45) is 2.26. The first-order chi connectivity index (χ1) is 10.5. The van der Waals surface area contributed by atoms with Crippen molar-refractivity contribution < 1.29 is 9.59 Å². The highest BCUT2D eigenvalue weighted by molar-refractivity contribution is 6.00. The third kappa shape index (κ3) is 4.09. The topological polar surface area (TPSA) is 49.4 Å². The summed E-state index contributed by atoms with van der Waals surface area (Å²) in [4.78, 5) is 26.1. The molecule has 4 heteroatoms. The summed E-state index contributed by atoms with van der Waals surface area (Å²) in [5.74, 6) is 0.375. The monoisotopic (exact) mass is 302 g/mol. The number of benzene rings is 1. The fraction of sp³-hybridized carbons (Fsp3) is 0.556. The highest BCUT2D eigenvalue weighted by atomic mass is 16.2. The molecule has 120 valence electrons. The predicted molar refractivity (Wildman–Crippen MR) is 88.7 cm³/mol. The van der Waals surface area contributed by atoms with Crippen molar-refractivity contribution in [1.82, 2.24) is 5.32 Å². The van der Waals surface area contributed by atoms with Crippen LogP contribution >= 0.6 is 0 Å². The average molecular weight is 302 g/mol. The number of nitrogens with zero attached hydrogens (tertiary/aromatic N) is 1. The van der Waals surface area contributed by atoms with Crippen LogP contribution in [0.25, 0.3) is 0 Å². The molecule has 0 aliphatic carbocycles. The molecule has 1 atom stereocenters. The normalized spacial score (nSPS) is 18.1. The molecular weight excluding hydrogens is 276 g/mol. The number of aryl methyl sites for hydroxylation is 1. The average Bonchev–Trinajstić information content (AvgIpc) is 2.89. The first kappa shape index (κ1) is 16.5. The Hall–Kier alpha value is -1.84. The van der Waals surface area contributed by atoms with Gasteiger partial charge in [0.25, 0.3) is 0 Å². The summed E-state index contributed by atoms with van der Waals surface area (Å²) in [5.41, 5.74) is 2.14. The Labute approximate surface area is 132 Å². The summed E-state index contributed by atoms with van der Waals surface area (Å²) >= 11 is 0. The van der Waals surface area contributed by atoms with E-state index in [-0.39, 0.29) is 17.7 Å². The van der Waals surface area contributed by atoms with Gasteiger partial charge in [0.15, 0.2) is 0 Å². The minimum atomic E-state index is -0.231. The van der Waals surface area contributed by atoms with Crippen molar-refractivity contribution in [3.63, 3.8) is 0 Å². The van der Waals surface area contributed by atoms with Crippen LogP contribution < -0.4 is 10.2 Å². The number of anilines is 1. The lowest BCUT2D eigenvalue weighted by molar-refractivity contribution is -0.126. The maximum Gasteiger partial charge on any atom is 0.227 e. The van der Waals surface area contributed by atoms with E-state index < -0.39 is 0 Å². The molecule has 2 amide bonds. The molecule has 0 saturated carbocycles. The molecule has 1 fully saturated rings. The predicted octanol–water partition coefficient (Wildman–Crippen LogP) is 2.76. The molecule has 1 aliphatic heterocycles. The van der Waals surface area contributed by atoms with Crippen molar-refractivity contribution in [3.8, 4) is 0 Å². The SMILES string of the molecule is CCc1ccc(N2C[C@@H](C(=O)NCCC(C)C)CC2=O)cc1. The van der Waals surface area contributed by atoms with Crippen molar-refractivity contribution in [2.75, 3.05) is 18.0 Å². The zero-order valence-electron chi connectivity index (χ0n) is 13.8. The van der Waals surface area contributed by atoms with Gasteiger partial charge in [0.2, 0.25) is 11.8 Å². The molecule has 1 aromatic rings. The first-order valence-electron chi connectivity index (χ1n) is 8.18. The van der Waals surface area contributed by atoms with Gasteiger partial charge in [0, 0.05) is 25.2 Å². The van der Waals surface area contributed by atoms with E-state index in [1.807, 2.05) is 24.3 Å². The molecule has 0 bridgehead atoms. The molecule has 2 rings (SSSR count). The van der Waals surface area contributed by atoms with Crippen LogP contribution in [0.2, 0.25) is 0 Å². The van der Waals surface area contributed by atoms with Crippen LogP contribution in [0.4, 0.5) is 5.69 Å². The Balaban J connectivity index is 1.93. The van der Waals surface area contributed by atoms with Crippen LogP contribution in [0, 0.1) is 11.8 Å². The Bertz CT molecular complexity index is 522. The van der Waals surface area contributed by atoms with Gasteiger partial charge >= 0.3 is 0 Å². The molecule has 22 heavy (non-hydrogen) atoms. The summed E-state index contributed by atoms with van der Waals surface area (Å²) in [5, 5.41) is 2.95. The molecule has 0 spiro atoms. The van der Waals surface area contributed by atoms with E-state index in [1.165, 1.54) is 5.56 Å². The van der Waals surface area contributed by atoms with Gasteiger partial charge in [-0.1, -0.05) is 32.9 Å². The lowest BCUT2D eigenvalue weighted by Crippen LogP contribution is -2.33. The maximum absolute atomic E-state index is 12.2. The van der Waals surface area contributed by atoms with Crippen molar-refractivity contribution in [2.24, 2.45) is 11.8 Å². The summed E-state index contributed by atoms with van der Waals surface area (Å²) < 4.78 is 0. The van der Waals surface area contributed by atoms with Crippen molar-refractivity contribution >= 4 is 17.5 Å². The number of hydrogen-bond donors (Lipinski definition) is 1. The molecule has 4 nitrogen and oxygen atoms in total. The second-order valence-corrected chi connectivity index (χ2v) is 6.40. The van der Waals surface area contributed by atoms with Crippen LogP contribution in [-0.4, -0.2) is 24.9 Å². The highest BCUT2D eigenvalue weighted by Gasteiger charge is 2.34. The van der Waals surface area contributed by atoms with Crippen molar-refractivity contribution in [2.45, 2.75) is 40.0 Å². The van der Waals surface area contributed by atoms with E-state index in [4.69, 9.17) is 0 Å². The molecule has 0 radical (unpaired) electrons. The van der Waals surface area contributed by atoms with E-state index in [0.717, 1.165) is 18.5 Å². The summed E-state index contributed by atoms with van der Waals surface area (Å²) in [7, 11) is 0. The number of hydrogen-bond acceptors (Lipinski definition) is 2. The van der Waals surface area contributed by atoms with Gasteiger partial charge in [0.05, 0.1) is 5.92 Å². The maximum atomic E-state index is 12.2. The van der Waals surface area contributed by atoms with Gasteiger partial charge in [-0.2, -0.15) is 0 Å². The molecule has 0 aromatic heterocycles. The Morgan fingerprint density at radius 2 is 2.00 bits per heavy atom. The van der Waals surface area contributed by atoms with E-state index in [1.54, 1.807) is 4.90 Å². The van der Waals surface area contributed by atoms with Gasteiger partial charge in [-0.25, -0.2) is 0 Å². The highest BCUT2D eigenvalue weighted by Crippen LogP contribution is 2.25. The zero-order chi connectivity index (χ0) is 16.1. The quantitative estimate of drug-likeness (QED) is 0.878. The Morgan fingerprint density at radius 1 is 1.32 bits per heavy atom. The zero-order valence-corrected chi connectivity index (χ0v) is 13.8. The van der Waals surface area contributed by atoms with E-state index in [2.05, 4.69) is 26.1 Å². The van der Waals surface area contributed by atoms with E-state index in [0.29, 0.717) is 25.4 Å². The first-order valence-corrected chi connectivity index (χ1v) is 8.18. The minimum absolute atomic E-state index is 0.00155. The molecule has 1 aliphatic rings. The molecule has 1 heterocycles.